The van der Waals surface area contributed by atoms with Crippen molar-refractivity contribution in [1.29, 1.82) is 0 Å². The van der Waals surface area contributed by atoms with Crippen LogP contribution in [0.2, 0.25) is 0 Å². The first-order chi connectivity index (χ1) is 15.4. The van der Waals surface area contributed by atoms with E-state index in [2.05, 4.69) is 20.8 Å². The number of benzene rings is 3. The van der Waals surface area contributed by atoms with Crippen molar-refractivity contribution in [3.05, 3.63) is 99.5 Å². The number of likely N-dealkylation sites (tertiary alicyclic amines) is 1. The lowest BCUT2D eigenvalue weighted by atomic mass is 9.76. The fourth-order valence-corrected chi connectivity index (χ4v) is 4.88. The Bertz CT molecular complexity index is 1050. The molecule has 1 heterocycles. The van der Waals surface area contributed by atoms with Gasteiger partial charge in [-0.25, -0.2) is 8.78 Å². The summed E-state index contributed by atoms with van der Waals surface area (Å²) in [6, 6.07) is 18.4. The lowest BCUT2D eigenvalue weighted by Crippen LogP contribution is -2.43. The molecule has 0 N–H and O–H groups in total. The summed E-state index contributed by atoms with van der Waals surface area (Å²) in [5.41, 5.74) is 2.73. The number of halogens is 4. The van der Waals surface area contributed by atoms with Crippen molar-refractivity contribution in [2.24, 2.45) is 5.92 Å². The topological polar surface area (TPSA) is 29.5 Å². The van der Waals surface area contributed by atoms with Crippen LogP contribution in [0.25, 0.3) is 0 Å². The molecule has 174 valence electrons. The van der Waals surface area contributed by atoms with Crippen molar-refractivity contribution in [1.82, 2.24) is 4.90 Å². The van der Waals surface area contributed by atoms with Gasteiger partial charge in [-0.2, -0.15) is 0 Å². The van der Waals surface area contributed by atoms with Crippen molar-refractivity contribution < 1.29 is 18.3 Å². The van der Waals surface area contributed by atoms with Crippen molar-refractivity contribution in [2.45, 2.75) is 18.9 Å². The Hall–Kier alpha value is -2.28. The summed E-state index contributed by atoms with van der Waals surface area (Å²) in [6.07, 6.45) is 0.430. The fraction of sp³-hybridized carbons (Fsp3) is 0.269. The highest BCUT2D eigenvalue weighted by atomic mass is 79.9. The Labute approximate surface area is 207 Å². The van der Waals surface area contributed by atoms with Gasteiger partial charge < -0.3 is 4.74 Å². The van der Waals surface area contributed by atoms with E-state index in [0.717, 1.165) is 26.9 Å². The van der Waals surface area contributed by atoms with Gasteiger partial charge in [0.2, 0.25) is 0 Å². The Kier molecular flexibility index (Phi) is 8.63. The van der Waals surface area contributed by atoms with E-state index in [4.69, 9.17) is 4.74 Å². The van der Waals surface area contributed by atoms with E-state index in [1.807, 2.05) is 18.2 Å². The molecule has 3 aromatic carbocycles. The van der Waals surface area contributed by atoms with Gasteiger partial charge in [0, 0.05) is 47.9 Å². The molecule has 4 rings (SSSR count). The molecule has 1 unspecified atom stereocenters. The number of carbonyl (C=O) groups is 1. The number of piperidine rings is 1. The van der Waals surface area contributed by atoms with Gasteiger partial charge >= 0.3 is 0 Å². The highest BCUT2D eigenvalue weighted by Crippen LogP contribution is 2.37. The molecule has 33 heavy (non-hydrogen) atoms. The molecule has 7 heteroatoms. The molecule has 1 aliphatic heterocycles. The average Bonchev–Trinajstić information content (AvgIpc) is 2.79. The van der Waals surface area contributed by atoms with E-state index in [-0.39, 0.29) is 41.7 Å². The molecular weight excluding hydrogens is 512 g/mol. The van der Waals surface area contributed by atoms with Crippen molar-refractivity contribution in [3.8, 4) is 5.75 Å². The van der Waals surface area contributed by atoms with Gasteiger partial charge in [-0.3, -0.25) is 9.69 Å². The predicted molar refractivity (Wildman–Crippen MR) is 131 cm³/mol. The fourth-order valence-electron chi connectivity index (χ4n) is 4.47. The van der Waals surface area contributed by atoms with Crippen LogP contribution in [-0.2, 0) is 11.3 Å². The molecule has 3 aromatic rings. The van der Waals surface area contributed by atoms with Crippen LogP contribution in [0, 0.1) is 17.6 Å². The zero-order valence-corrected chi connectivity index (χ0v) is 20.5. The SMILES string of the molecule is COc1ccc(Br)cc1CN1CCC(=O)C(C(c2ccc(F)cc2)c2ccc(F)cc2)C1.Cl. The van der Waals surface area contributed by atoms with Gasteiger partial charge in [-0.1, -0.05) is 40.2 Å². The zero-order valence-electron chi connectivity index (χ0n) is 18.1. The monoisotopic (exact) mass is 535 g/mol. The van der Waals surface area contributed by atoms with Crippen molar-refractivity contribution in [2.75, 3.05) is 20.2 Å². The molecule has 1 atom stereocenters. The average molecular weight is 537 g/mol. The molecule has 0 saturated carbocycles. The number of methoxy groups -OCH3 is 1. The second-order valence-corrected chi connectivity index (χ2v) is 9.01. The minimum absolute atomic E-state index is 0. The normalized spacial score (nSPS) is 16.5. The van der Waals surface area contributed by atoms with Crippen LogP contribution in [0.5, 0.6) is 5.75 Å². The molecule has 0 bridgehead atoms. The summed E-state index contributed by atoms with van der Waals surface area (Å²) in [5, 5.41) is 0. The molecule has 0 amide bonds. The summed E-state index contributed by atoms with van der Waals surface area (Å²) in [4.78, 5) is 15.3. The smallest absolute Gasteiger partial charge is 0.139 e. The molecule has 1 saturated heterocycles. The first-order valence-electron chi connectivity index (χ1n) is 10.5. The minimum Gasteiger partial charge on any atom is -0.496 e. The lowest BCUT2D eigenvalue weighted by Gasteiger charge is -2.36. The second-order valence-electron chi connectivity index (χ2n) is 8.09. The second kappa shape index (κ2) is 11.2. The van der Waals surface area contributed by atoms with Crippen LogP contribution >= 0.6 is 28.3 Å². The number of rotatable bonds is 6. The van der Waals surface area contributed by atoms with E-state index >= 15 is 0 Å². The van der Waals surface area contributed by atoms with Crippen LogP contribution in [0.4, 0.5) is 8.78 Å². The maximum Gasteiger partial charge on any atom is 0.139 e. The van der Waals surface area contributed by atoms with E-state index in [9.17, 15) is 13.6 Å². The van der Waals surface area contributed by atoms with Crippen LogP contribution in [-0.4, -0.2) is 30.9 Å². The van der Waals surface area contributed by atoms with Crippen LogP contribution in [0.15, 0.2) is 71.2 Å². The number of ketones is 1. The third-order valence-corrected chi connectivity index (χ3v) is 6.53. The number of hydrogen-bond donors (Lipinski definition) is 0. The van der Waals surface area contributed by atoms with Crippen LogP contribution < -0.4 is 4.74 Å². The summed E-state index contributed by atoms with van der Waals surface area (Å²) < 4.78 is 33.7. The van der Waals surface area contributed by atoms with E-state index in [1.165, 1.54) is 24.3 Å². The number of hydrogen-bond acceptors (Lipinski definition) is 3. The van der Waals surface area contributed by atoms with Crippen molar-refractivity contribution >= 4 is 34.1 Å². The van der Waals surface area contributed by atoms with Gasteiger partial charge in [0.15, 0.2) is 0 Å². The Morgan fingerprint density at radius 2 is 1.58 bits per heavy atom. The van der Waals surface area contributed by atoms with E-state index in [1.54, 1.807) is 31.4 Å². The third-order valence-electron chi connectivity index (χ3n) is 6.04. The quantitative estimate of drug-likeness (QED) is 0.366. The first kappa shape index (κ1) is 25.3. The first-order valence-corrected chi connectivity index (χ1v) is 11.3. The number of nitrogens with zero attached hydrogens (tertiary/aromatic N) is 1. The largest absolute Gasteiger partial charge is 0.496 e. The predicted octanol–water partition coefficient (Wildman–Crippen LogP) is 6.38. The zero-order chi connectivity index (χ0) is 22.7. The molecule has 0 aromatic heterocycles. The lowest BCUT2D eigenvalue weighted by molar-refractivity contribution is -0.126. The molecule has 0 spiro atoms. The minimum atomic E-state index is -0.329. The Morgan fingerprint density at radius 1 is 1.00 bits per heavy atom. The summed E-state index contributed by atoms with van der Waals surface area (Å²) >= 11 is 3.52. The molecule has 0 aliphatic carbocycles. The van der Waals surface area contributed by atoms with Crippen LogP contribution in [0.1, 0.15) is 29.0 Å². The molecule has 1 fully saturated rings. The van der Waals surface area contributed by atoms with E-state index < -0.39 is 0 Å². The van der Waals surface area contributed by atoms with E-state index in [0.29, 0.717) is 26.1 Å². The maximum absolute atomic E-state index is 13.6. The number of ether oxygens (including phenoxy) is 1. The molecule has 0 radical (unpaired) electrons. The number of Topliss-reactive ketones (excluding diaryl/α,β-unsaturated/α-hetero) is 1. The highest BCUT2D eigenvalue weighted by molar-refractivity contribution is 9.10. The molecular formula is C26H25BrClF2NO2. The standard InChI is InChI=1S/C26H24BrF2NO2.ClH/c1-32-25-11-6-20(27)14-19(25)15-30-13-12-24(31)23(16-30)26(17-2-7-21(28)8-3-17)18-4-9-22(29)10-5-18;/h2-11,14,23,26H,12-13,15-16H2,1H3;1H. The summed E-state index contributed by atoms with van der Waals surface area (Å²) in [6.45, 7) is 1.85. The van der Waals surface area contributed by atoms with Gasteiger partial charge in [-0.15, -0.1) is 12.4 Å². The maximum atomic E-state index is 13.6. The van der Waals surface area contributed by atoms with Crippen molar-refractivity contribution in [3.63, 3.8) is 0 Å². The van der Waals surface area contributed by atoms with Crippen LogP contribution in [0.3, 0.4) is 0 Å². The summed E-state index contributed by atoms with van der Waals surface area (Å²) in [5.74, 6) is -0.292. The molecule has 3 nitrogen and oxygen atoms in total. The van der Waals surface area contributed by atoms with Gasteiger partial charge in [-0.05, 0) is 53.6 Å². The third kappa shape index (κ3) is 5.99. The Balaban J connectivity index is 0.00000306. The molecule has 1 aliphatic rings. The van der Waals surface area contributed by atoms with Gasteiger partial charge in [0.1, 0.15) is 23.2 Å². The van der Waals surface area contributed by atoms with Gasteiger partial charge in [0.25, 0.3) is 0 Å². The highest BCUT2D eigenvalue weighted by Gasteiger charge is 2.35. The number of carbonyl (C=O) groups excluding carboxylic acids is 1. The summed E-state index contributed by atoms with van der Waals surface area (Å²) in [7, 11) is 1.65. The Morgan fingerprint density at radius 3 is 2.12 bits per heavy atom. The van der Waals surface area contributed by atoms with Gasteiger partial charge in [0.05, 0.1) is 7.11 Å².